The van der Waals surface area contributed by atoms with Crippen LogP contribution in [0, 0.1) is 0 Å². The first-order chi connectivity index (χ1) is 7.83. The van der Waals surface area contributed by atoms with Crippen molar-refractivity contribution in [3.05, 3.63) is 35.9 Å². The number of benzene rings is 1. The summed E-state index contributed by atoms with van der Waals surface area (Å²) in [5, 5.41) is 5.69. The average Bonchev–Trinajstić information content (AvgIpc) is 2.33. The van der Waals surface area contributed by atoms with Crippen LogP contribution in [0.25, 0.3) is 0 Å². The van der Waals surface area contributed by atoms with Crippen molar-refractivity contribution >= 4 is 18.5 Å². The molecule has 0 aliphatic rings. The first-order valence-electron chi connectivity index (χ1n) is 5.42. The fourth-order valence-electron chi connectivity index (χ4n) is 1.23. The van der Waals surface area contributed by atoms with Gasteiger partial charge in [-0.1, -0.05) is 30.3 Å². The molecule has 2 N–H and O–H groups in total. The number of rotatable bonds is 6. The molecule has 1 rings (SSSR count). The van der Waals surface area contributed by atoms with Crippen LogP contribution in [-0.4, -0.2) is 26.2 Å². The van der Waals surface area contributed by atoms with Crippen LogP contribution < -0.4 is 10.6 Å². The maximum Gasteiger partial charge on any atom is 0.407 e. The second-order valence-electron chi connectivity index (χ2n) is 3.45. The van der Waals surface area contributed by atoms with E-state index in [0.29, 0.717) is 13.2 Å². The van der Waals surface area contributed by atoms with E-state index in [9.17, 15) is 4.79 Å². The Kier molecular flexibility index (Phi) is 9.19. The van der Waals surface area contributed by atoms with Gasteiger partial charge in [0, 0.05) is 6.54 Å². The molecule has 96 valence electrons. The molecule has 0 fully saturated rings. The highest BCUT2D eigenvalue weighted by atomic mass is 35.5. The molecule has 17 heavy (non-hydrogen) atoms. The van der Waals surface area contributed by atoms with E-state index >= 15 is 0 Å². The largest absolute Gasteiger partial charge is 0.445 e. The Morgan fingerprint density at radius 3 is 2.59 bits per heavy atom. The molecule has 0 saturated heterocycles. The number of halogens is 1. The summed E-state index contributed by atoms with van der Waals surface area (Å²) in [4.78, 5) is 11.2. The zero-order valence-electron chi connectivity index (χ0n) is 9.94. The summed E-state index contributed by atoms with van der Waals surface area (Å²) in [7, 11) is 1.88. The van der Waals surface area contributed by atoms with Crippen LogP contribution in [0.3, 0.4) is 0 Å². The molecule has 0 aromatic heterocycles. The molecule has 0 atom stereocenters. The van der Waals surface area contributed by atoms with Crippen molar-refractivity contribution in [1.29, 1.82) is 0 Å². The first kappa shape index (κ1) is 15.7. The van der Waals surface area contributed by atoms with Crippen molar-refractivity contribution in [1.82, 2.24) is 10.6 Å². The lowest BCUT2D eigenvalue weighted by Gasteiger charge is -2.06. The minimum absolute atomic E-state index is 0. The maximum absolute atomic E-state index is 11.2. The third-order valence-electron chi connectivity index (χ3n) is 2.09. The molecule has 0 aliphatic heterocycles. The number of nitrogens with one attached hydrogen (secondary N) is 2. The molecule has 0 bridgehead atoms. The topological polar surface area (TPSA) is 50.4 Å². The van der Waals surface area contributed by atoms with Gasteiger partial charge in [-0.25, -0.2) is 4.79 Å². The van der Waals surface area contributed by atoms with E-state index in [0.717, 1.165) is 18.5 Å². The van der Waals surface area contributed by atoms with Crippen molar-refractivity contribution in [2.45, 2.75) is 13.0 Å². The van der Waals surface area contributed by atoms with E-state index in [2.05, 4.69) is 10.6 Å². The van der Waals surface area contributed by atoms with E-state index in [1.807, 2.05) is 37.4 Å². The van der Waals surface area contributed by atoms with Gasteiger partial charge >= 0.3 is 6.09 Å². The van der Waals surface area contributed by atoms with Crippen molar-refractivity contribution < 1.29 is 9.53 Å². The van der Waals surface area contributed by atoms with Crippen LogP contribution in [0.4, 0.5) is 4.79 Å². The van der Waals surface area contributed by atoms with Crippen molar-refractivity contribution in [3.8, 4) is 0 Å². The van der Waals surface area contributed by atoms with Gasteiger partial charge in [0.15, 0.2) is 0 Å². The SMILES string of the molecule is CNCCCNC(=O)OCc1ccccc1.Cl. The Balaban J connectivity index is 0.00000256. The van der Waals surface area contributed by atoms with E-state index in [1.54, 1.807) is 0 Å². The summed E-state index contributed by atoms with van der Waals surface area (Å²) in [6.07, 6.45) is 0.539. The highest BCUT2D eigenvalue weighted by Gasteiger charge is 2.00. The molecule has 1 amide bonds. The highest BCUT2D eigenvalue weighted by molar-refractivity contribution is 5.85. The quantitative estimate of drug-likeness (QED) is 0.767. The molecule has 0 aliphatic carbocycles. The number of ether oxygens (including phenoxy) is 1. The lowest BCUT2D eigenvalue weighted by atomic mass is 10.2. The molecule has 0 spiro atoms. The second kappa shape index (κ2) is 9.93. The maximum atomic E-state index is 11.2. The average molecular weight is 259 g/mol. The lowest BCUT2D eigenvalue weighted by molar-refractivity contribution is 0.139. The first-order valence-corrected chi connectivity index (χ1v) is 5.42. The zero-order chi connectivity index (χ0) is 11.6. The molecule has 1 aromatic rings. The summed E-state index contributed by atoms with van der Waals surface area (Å²) in [5.41, 5.74) is 0.993. The standard InChI is InChI=1S/C12H18N2O2.ClH/c1-13-8-5-9-14-12(15)16-10-11-6-3-2-4-7-11;/h2-4,6-7,13H,5,8-10H2,1H3,(H,14,15);1H. The van der Waals surface area contributed by atoms with Gasteiger partial charge in [-0.15, -0.1) is 12.4 Å². The summed E-state index contributed by atoms with van der Waals surface area (Å²) in [6, 6.07) is 9.62. The van der Waals surface area contributed by atoms with Gasteiger partial charge in [0.1, 0.15) is 6.61 Å². The Morgan fingerprint density at radius 1 is 1.24 bits per heavy atom. The number of amides is 1. The summed E-state index contributed by atoms with van der Waals surface area (Å²) >= 11 is 0. The Bertz CT molecular complexity index is 307. The fourth-order valence-corrected chi connectivity index (χ4v) is 1.23. The van der Waals surface area contributed by atoms with Gasteiger partial charge in [-0.2, -0.15) is 0 Å². The van der Waals surface area contributed by atoms with Crippen molar-refractivity contribution in [2.24, 2.45) is 0 Å². The summed E-state index contributed by atoms with van der Waals surface area (Å²) < 4.78 is 5.04. The third kappa shape index (κ3) is 7.60. The minimum atomic E-state index is -0.361. The number of hydrogen-bond donors (Lipinski definition) is 2. The van der Waals surface area contributed by atoms with Gasteiger partial charge in [-0.05, 0) is 25.6 Å². The third-order valence-corrected chi connectivity index (χ3v) is 2.09. The van der Waals surface area contributed by atoms with Crippen LogP contribution in [0.1, 0.15) is 12.0 Å². The Labute approximate surface area is 108 Å². The predicted octanol–water partition coefficient (Wildman–Crippen LogP) is 1.94. The predicted molar refractivity (Wildman–Crippen MR) is 70.4 cm³/mol. The Hall–Kier alpha value is -1.26. The van der Waals surface area contributed by atoms with Crippen molar-refractivity contribution in [2.75, 3.05) is 20.1 Å². The van der Waals surface area contributed by atoms with Crippen LogP contribution in [0.15, 0.2) is 30.3 Å². The number of carbonyl (C=O) groups is 1. The molecular weight excluding hydrogens is 240 g/mol. The van der Waals surface area contributed by atoms with Crippen LogP contribution >= 0.6 is 12.4 Å². The van der Waals surface area contributed by atoms with Crippen LogP contribution in [0.5, 0.6) is 0 Å². The van der Waals surface area contributed by atoms with E-state index in [-0.39, 0.29) is 18.5 Å². The van der Waals surface area contributed by atoms with Gasteiger partial charge in [-0.3, -0.25) is 0 Å². The van der Waals surface area contributed by atoms with Crippen molar-refractivity contribution in [3.63, 3.8) is 0 Å². The smallest absolute Gasteiger partial charge is 0.407 e. The zero-order valence-corrected chi connectivity index (χ0v) is 10.8. The molecule has 0 radical (unpaired) electrons. The molecule has 1 aromatic carbocycles. The molecule has 4 nitrogen and oxygen atoms in total. The van der Waals surface area contributed by atoms with E-state index < -0.39 is 0 Å². The summed E-state index contributed by atoms with van der Waals surface area (Å²) in [6.45, 7) is 1.84. The lowest BCUT2D eigenvalue weighted by Crippen LogP contribution is -2.27. The minimum Gasteiger partial charge on any atom is -0.445 e. The monoisotopic (exact) mass is 258 g/mol. The van der Waals surface area contributed by atoms with Gasteiger partial charge in [0.2, 0.25) is 0 Å². The molecule has 0 saturated carbocycles. The fraction of sp³-hybridized carbons (Fsp3) is 0.417. The number of hydrogen-bond acceptors (Lipinski definition) is 3. The Morgan fingerprint density at radius 2 is 1.94 bits per heavy atom. The molecular formula is C12H19ClN2O2. The van der Waals surface area contributed by atoms with Gasteiger partial charge in [0.25, 0.3) is 0 Å². The summed E-state index contributed by atoms with van der Waals surface area (Å²) in [5.74, 6) is 0. The van der Waals surface area contributed by atoms with Crippen LogP contribution in [0.2, 0.25) is 0 Å². The normalized spacial score (nSPS) is 9.24. The number of alkyl carbamates (subject to hydrolysis) is 1. The van der Waals surface area contributed by atoms with E-state index in [4.69, 9.17) is 4.74 Å². The molecule has 0 heterocycles. The highest BCUT2D eigenvalue weighted by Crippen LogP contribution is 2.00. The molecule has 0 unspecified atom stereocenters. The second-order valence-corrected chi connectivity index (χ2v) is 3.45. The van der Waals surface area contributed by atoms with Gasteiger partial charge in [0.05, 0.1) is 0 Å². The van der Waals surface area contributed by atoms with E-state index in [1.165, 1.54) is 0 Å². The van der Waals surface area contributed by atoms with Crippen LogP contribution in [-0.2, 0) is 11.3 Å². The van der Waals surface area contributed by atoms with Gasteiger partial charge < -0.3 is 15.4 Å². The molecule has 5 heteroatoms. The number of carbonyl (C=O) groups excluding carboxylic acids is 1.